The van der Waals surface area contributed by atoms with Crippen molar-refractivity contribution in [3.05, 3.63) is 0 Å². The van der Waals surface area contributed by atoms with Crippen LogP contribution in [0.25, 0.3) is 0 Å². The fourth-order valence-electron chi connectivity index (χ4n) is 1.01. The topological polar surface area (TPSA) is 3.24 Å². The first kappa shape index (κ1) is 14.5. The quantitative estimate of drug-likeness (QED) is 0.419. The molecule has 0 aliphatic carbocycles. The van der Waals surface area contributed by atoms with Crippen LogP contribution in [0.2, 0.25) is 0 Å². The van der Waals surface area contributed by atoms with Gasteiger partial charge in [0.15, 0.2) is 0 Å². The first-order valence-corrected chi connectivity index (χ1v) is 3.95. The van der Waals surface area contributed by atoms with Gasteiger partial charge in [-0.2, -0.15) is 0 Å². The van der Waals surface area contributed by atoms with E-state index in [-0.39, 0.29) is 37.0 Å². The molecule has 0 bridgehead atoms. The van der Waals surface area contributed by atoms with Crippen molar-refractivity contribution in [1.29, 1.82) is 0 Å². The number of hydrogen-bond donors (Lipinski definition) is 0. The molecular formula is C8H20ClMgN. The number of nitrogens with zero attached hydrogens (tertiary/aromatic N) is 1. The van der Waals surface area contributed by atoms with Crippen molar-refractivity contribution in [2.75, 3.05) is 0 Å². The Morgan fingerprint density at radius 2 is 1.09 bits per heavy atom. The maximum Gasteiger partial charge on any atom is 2.00 e. The smallest absolute Gasteiger partial charge is 1.00 e. The van der Waals surface area contributed by atoms with Crippen LogP contribution in [0.1, 0.15) is 44.4 Å². The number of halogens is 1. The summed E-state index contributed by atoms with van der Waals surface area (Å²) in [5.41, 5.74) is 0.0829. The average molecular weight is 190 g/mol. The molecule has 0 aromatic rings. The van der Waals surface area contributed by atoms with Crippen LogP contribution in [0.15, 0.2) is 0 Å². The van der Waals surface area contributed by atoms with Gasteiger partial charge in [0, 0.05) is 11.1 Å². The fraction of sp³-hybridized carbons (Fsp3) is 1.00. The molecule has 0 heterocycles. The number of hydrogen-bond acceptors (Lipinski definition) is 1. The molecule has 0 saturated carbocycles. The zero-order valence-electron chi connectivity index (χ0n) is 10.5. The summed E-state index contributed by atoms with van der Waals surface area (Å²) >= 11 is 6.07. The Kier molecular flexibility index (Phi) is 5.69. The molecule has 0 atom stereocenters. The summed E-state index contributed by atoms with van der Waals surface area (Å²) in [5, 5.41) is 0. The molecule has 0 aromatic carbocycles. The van der Waals surface area contributed by atoms with E-state index in [9.17, 15) is 0 Å². The summed E-state index contributed by atoms with van der Waals surface area (Å²) in [4.78, 5) is 0. The fourth-order valence-corrected chi connectivity index (χ4v) is 1.01. The van der Waals surface area contributed by atoms with Crippen LogP contribution >= 0.6 is 11.8 Å². The molecular weight excluding hydrogens is 170 g/mol. The molecule has 0 aliphatic heterocycles. The Morgan fingerprint density at radius 1 is 0.909 bits per heavy atom. The van der Waals surface area contributed by atoms with Gasteiger partial charge in [0.05, 0.1) is 0 Å². The van der Waals surface area contributed by atoms with Crippen LogP contribution in [0, 0.1) is 0 Å². The molecule has 0 radical (unpaired) electrons. The molecule has 0 fully saturated rings. The molecule has 3 heteroatoms. The minimum Gasteiger partial charge on any atom is -1.00 e. The van der Waals surface area contributed by atoms with Crippen molar-refractivity contribution >= 4 is 34.8 Å². The second-order valence-electron chi connectivity index (χ2n) is 4.62. The predicted molar refractivity (Wildman–Crippen MR) is 55.2 cm³/mol. The standard InChI is InChI=1S/C8H18ClN.Mg.2H/c1-7(2,3)10(9)8(4,5)6;;;/h1-6H3;;;/q;+2;2*-1. The minimum atomic E-state index is 0. The van der Waals surface area contributed by atoms with E-state index in [1.54, 1.807) is 0 Å². The van der Waals surface area contributed by atoms with Gasteiger partial charge < -0.3 is 2.85 Å². The van der Waals surface area contributed by atoms with Crippen LogP contribution in [0.5, 0.6) is 0 Å². The molecule has 0 aliphatic rings. The summed E-state index contributed by atoms with van der Waals surface area (Å²) in [6, 6.07) is 0. The van der Waals surface area contributed by atoms with Gasteiger partial charge in [0.1, 0.15) is 0 Å². The maximum absolute atomic E-state index is 6.07. The normalized spacial score (nSPS) is 13.1. The maximum atomic E-state index is 6.07. The van der Waals surface area contributed by atoms with Gasteiger partial charge in [-0.15, -0.1) is 0 Å². The molecule has 11 heavy (non-hydrogen) atoms. The van der Waals surface area contributed by atoms with Crippen LogP contribution in [-0.2, 0) is 0 Å². The molecule has 1 nitrogen and oxygen atoms in total. The zero-order chi connectivity index (χ0) is 8.58. The average Bonchev–Trinajstić information content (AvgIpc) is 1.59. The van der Waals surface area contributed by atoms with Crippen LogP contribution in [0.3, 0.4) is 0 Å². The molecule has 0 rings (SSSR count). The van der Waals surface area contributed by atoms with E-state index in [1.165, 1.54) is 0 Å². The monoisotopic (exact) mass is 189 g/mol. The first-order chi connectivity index (χ1) is 4.15. The molecule has 66 valence electrons. The van der Waals surface area contributed by atoms with E-state index in [0.29, 0.717) is 0 Å². The molecule has 0 amide bonds. The van der Waals surface area contributed by atoms with Gasteiger partial charge in [-0.3, -0.25) is 0 Å². The van der Waals surface area contributed by atoms with E-state index in [0.717, 1.165) is 0 Å². The van der Waals surface area contributed by atoms with Gasteiger partial charge in [-0.25, -0.2) is 4.42 Å². The summed E-state index contributed by atoms with van der Waals surface area (Å²) in [5.74, 6) is 0. The third-order valence-electron chi connectivity index (χ3n) is 1.18. The third-order valence-corrected chi connectivity index (χ3v) is 2.19. The number of rotatable bonds is 0. The van der Waals surface area contributed by atoms with Gasteiger partial charge >= 0.3 is 23.1 Å². The second-order valence-corrected chi connectivity index (χ2v) is 4.96. The first-order valence-electron chi connectivity index (χ1n) is 3.62. The molecule has 0 N–H and O–H groups in total. The predicted octanol–water partition coefficient (Wildman–Crippen LogP) is 2.88. The van der Waals surface area contributed by atoms with Crippen molar-refractivity contribution in [1.82, 2.24) is 4.42 Å². The molecule has 0 aromatic heterocycles. The Labute approximate surface area is 94.7 Å². The molecule has 0 saturated heterocycles. The van der Waals surface area contributed by atoms with Crippen LogP contribution in [0.4, 0.5) is 0 Å². The van der Waals surface area contributed by atoms with Crippen molar-refractivity contribution in [2.24, 2.45) is 0 Å². The van der Waals surface area contributed by atoms with E-state index < -0.39 is 0 Å². The summed E-state index contributed by atoms with van der Waals surface area (Å²) in [7, 11) is 0. The van der Waals surface area contributed by atoms with Crippen molar-refractivity contribution < 1.29 is 2.85 Å². The second kappa shape index (κ2) is 4.31. The van der Waals surface area contributed by atoms with Gasteiger partial charge in [0.25, 0.3) is 0 Å². The van der Waals surface area contributed by atoms with Crippen molar-refractivity contribution in [3.63, 3.8) is 0 Å². The van der Waals surface area contributed by atoms with E-state index in [2.05, 4.69) is 41.5 Å². The van der Waals surface area contributed by atoms with Gasteiger partial charge in [0.2, 0.25) is 0 Å². The molecule has 0 spiro atoms. The zero-order valence-corrected chi connectivity index (χ0v) is 10.7. The SMILES string of the molecule is CC(C)(C)N(Cl)C(C)(C)C.[H-].[H-].[Mg+2]. The van der Waals surface area contributed by atoms with E-state index in [1.807, 2.05) is 4.42 Å². The van der Waals surface area contributed by atoms with Crippen molar-refractivity contribution in [3.8, 4) is 0 Å². The van der Waals surface area contributed by atoms with E-state index in [4.69, 9.17) is 11.8 Å². The third kappa shape index (κ3) is 5.29. The van der Waals surface area contributed by atoms with Crippen molar-refractivity contribution in [2.45, 2.75) is 52.6 Å². The summed E-state index contributed by atoms with van der Waals surface area (Å²) in [6.07, 6.45) is 0. The Balaban J connectivity index is -0.000000135. The Bertz CT molecular complexity index is 106. The molecule has 0 unspecified atom stereocenters. The van der Waals surface area contributed by atoms with E-state index >= 15 is 0 Å². The summed E-state index contributed by atoms with van der Waals surface area (Å²) < 4.78 is 1.85. The largest absolute Gasteiger partial charge is 2.00 e. The summed E-state index contributed by atoms with van der Waals surface area (Å²) in [6.45, 7) is 12.6. The Morgan fingerprint density at radius 3 is 1.09 bits per heavy atom. The Hall–Kier alpha value is 1.02. The van der Waals surface area contributed by atoms with Gasteiger partial charge in [-0.1, -0.05) is 0 Å². The van der Waals surface area contributed by atoms with Crippen LogP contribution < -0.4 is 0 Å². The van der Waals surface area contributed by atoms with Gasteiger partial charge in [-0.05, 0) is 53.3 Å². The minimum absolute atomic E-state index is 0. The van der Waals surface area contributed by atoms with Crippen LogP contribution in [-0.4, -0.2) is 38.5 Å².